The Hall–Kier alpha value is -3.68. The Morgan fingerprint density at radius 1 is 0.935 bits per heavy atom. The number of fused-ring (bicyclic) bond motifs is 1. The monoisotopic (exact) mass is 435 g/mol. The van der Waals surface area contributed by atoms with E-state index in [0.29, 0.717) is 33.2 Å². The number of nitrogens with one attached hydrogen (secondary N) is 3. The maximum absolute atomic E-state index is 12.7. The van der Waals surface area contributed by atoms with Crippen LogP contribution in [0.3, 0.4) is 0 Å². The molecule has 31 heavy (non-hydrogen) atoms. The molecule has 0 bridgehead atoms. The molecule has 1 heterocycles. The van der Waals surface area contributed by atoms with Gasteiger partial charge in [0.2, 0.25) is 0 Å². The van der Waals surface area contributed by atoms with Gasteiger partial charge in [-0.05, 0) is 48.5 Å². The SMILES string of the molecule is O=C(Nc1ccc(C(=O)C[C@@]2(O)C(=O)Nc3ccccc32)cc1)Nc1cccc(Cl)c1. The zero-order valence-corrected chi connectivity index (χ0v) is 16.9. The van der Waals surface area contributed by atoms with Crippen molar-refractivity contribution in [2.45, 2.75) is 12.0 Å². The molecule has 1 atom stereocenters. The lowest BCUT2D eigenvalue weighted by Crippen LogP contribution is -2.36. The predicted octanol–water partition coefficient (Wildman–Crippen LogP) is 4.40. The van der Waals surface area contributed by atoms with E-state index in [9.17, 15) is 19.5 Å². The van der Waals surface area contributed by atoms with Crippen LogP contribution in [0.5, 0.6) is 0 Å². The molecule has 0 fully saturated rings. The lowest BCUT2D eigenvalue weighted by atomic mass is 9.88. The minimum Gasteiger partial charge on any atom is -0.375 e. The Morgan fingerprint density at radius 2 is 1.65 bits per heavy atom. The fourth-order valence-electron chi connectivity index (χ4n) is 3.41. The van der Waals surface area contributed by atoms with Gasteiger partial charge in [-0.1, -0.05) is 35.9 Å². The van der Waals surface area contributed by atoms with Crippen LogP contribution < -0.4 is 16.0 Å². The van der Waals surface area contributed by atoms with Gasteiger partial charge in [0.15, 0.2) is 11.4 Å². The highest BCUT2D eigenvalue weighted by atomic mass is 35.5. The Kier molecular flexibility index (Phi) is 5.46. The van der Waals surface area contributed by atoms with Crippen molar-refractivity contribution in [3.8, 4) is 0 Å². The first-order valence-electron chi connectivity index (χ1n) is 9.45. The molecule has 8 heteroatoms. The number of urea groups is 1. The van der Waals surface area contributed by atoms with Gasteiger partial charge >= 0.3 is 6.03 Å². The lowest BCUT2D eigenvalue weighted by Gasteiger charge is -2.20. The van der Waals surface area contributed by atoms with Crippen LogP contribution in [-0.4, -0.2) is 22.8 Å². The van der Waals surface area contributed by atoms with Crippen molar-refractivity contribution in [3.63, 3.8) is 0 Å². The van der Waals surface area contributed by atoms with Crippen LogP contribution in [-0.2, 0) is 10.4 Å². The third-order valence-electron chi connectivity index (χ3n) is 4.96. The number of hydrogen-bond acceptors (Lipinski definition) is 4. The van der Waals surface area contributed by atoms with Crippen LogP contribution in [0, 0.1) is 0 Å². The second-order valence-electron chi connectivity index (χ2n) is 7.13. The summed E-state index contributed by atoms with van der Waals surface area (Å²) in [5.41, 5.74) is 0.282. The molecule has 3 aromatic rings. The molecule has 3 aromatic carbocycles. The number of rotatable bonds is 5. The Labute approximate surface area is 183 Å². The van der Waals surface area contributed by atoms with Gasteiger partial charge in [0, 0.05) is 33.2 Å². The van der Waals surface area contributed by atoms with Gasteiger partial charge in [-0.25, -0.2) is 4.79 Å². The minimum absolute atomic E-state index is 0.311. The van der Waals surface area contributed by atoms with Crippen molar-refractivity contribution in [3.05, 3.63) is 88.9 Å². The van der Waals surface area contributed by atoms with Gasteiger partial charge < -0.3 is 21.1 Å². The second kappa shape index (κ2) is 8.22. The van der Waals surface area contributed by atoms with E-state index >= 15 is 0 Å². The molecule has 4 N–H and O–H groups in total. The zero-order chi connectivity index (χ0) is 22.0. The number of anilines is 3. The summed E-state index contributed by atoms with van der Waals surface area (Å²) < 4.78 is 0. The molecule has 0 aromatic heterocycles. The number of aliphatic hydroxyl groups is 1. The number of Topliss-reactive ketones (excluding diaryl/α,β-unsaturated/α-hetero) is 1. The molecule has 1 aliphatic heterocycles. The van der Waals surface area contributed by atoms with Crippen molar-refractivity contribution in [2.75, 3.05) is 16.0 Å². The van der Waals surface area contributed by atoms with Crippen LogP contribution in [0.25, 0.3) is 0 Å². The van der Waals surface area contributed by atoms with Crippen molar-refractivity contribution in [1.29, 1.82) is 0 Å². The molecule has 0 radical (unpaired) electrons. The maximum Gasteiger partial charge on any atom is 0.323 e. The van der Waals surface area contributed by atoms with Crippen LogP contribution in [0.2, 0.25) is 5.02 Å². The molecule has 0 unspecified atom stereocenters. The van der Waals surface area contributed by atoms with E-state index in [1.165, 1.54) is 12.1 Å². The zero-order valence-electron chi connectivity index (χ0n) is 16.2. The van der Waals surface area contributed by atoms with Crippen molar-refractivity contribution < 1.29 is 19.5 Å². The van der Waals surface area contributed by atoms with Gasteiger partial charge in [0.25, 0.3) is 5.91 Å². The quantitative estimate of drug-likeness (QED) is 0.445. The third-order valence-corrected chi connectivity index (χ3v) is 5.20. The fraction of sp³-hybridized carbons (Fsp3) is 0.0870. The van der Waals surface area contributed by atoms with E-state index in [1.807, 2.05) is 0 Å². The summed E-state index contributed by atoms with van der Waals surface area (Å²) >= 11 is 5.90. The van der Waals surface area contributed by atoms with Crippen LogP contribution in [0.15, 0.2) is 72.8 Å². The molecule has 0 saturated heterocycles. The Bertz CT molecular complexity index is 1180. The molecule has 1 aliphatic rings. The first-order chi connectivity index (χ1) is 14.8. The maximum atomic E-state index is 12.7. The normalized spacial score (nSPS) is 16.9. The summed E-state index contributed by atoms with van der Waals surface area (Å²) in [5, 5.41) is 19.3. The molecule has 156 valence electrons. The number of amides is 3. The summed E-state index contributed by atoms with van der Waals surface area (Å²) in [7, 11) is 0. The number of hydrogen-bond donors (Lipinski definition) is 4. The summed E-state index contributed by atoms with van der Waals surface area (Å²) in [5.74, 6) is -1.03. The fourth-order valence-corrected chi connectivity index (χ4v) is 3.60. The van der Waals surface area contributed by atoms with Crippen molar-refractivity contribution in [2.24, 2.45) is 0 Å². The molecular weight excluding hydrogens is 418 g/mol. The van der Waals surface area contributed by atoms with Crippen LogP contribution >= 0.6 is 11.6 Å². The molecule has 4 rings (SSSR count). The highest BCUT2D eigenvalue weighted by Crippen LogP contribution is 2.38. The van der Waals surface area contributed by atoms with Gasteiger partial charge in [-0.3, -0.25) is 9.59 Å². The van der Waals surface area contributed by atoms with E-state index in [1.54, 1.807) is 60.7 Å². The van der Waals surface area contributed by atoms with Crippen LogP contribution in [0.4, 0.5) is 21.9 Å². The van der Waals surface area contributed by atoms with E-state index in [2.05, 4.69) is 16.0 Å². The summed E-state index contributed by atoms with van der Waals surface area (Å²) in [6.45, 7) is 0. The Balaban J connectivity index is 1.42. The van der Waals surface area contributed by atoms with Crippen molar-refractivity contribution >= 4 is 46.4 Å². The van der Waals surface area contributed by atoms with Crippen LogP contribution in [0.1, 0.15) is 22.3 Å². The number of benzene rings is 3. The molecule has 7 nitrogen and oxygen atoms in total. The van der Waals surface area contributed by atoms with E-state index in [0.717, 1.165) is 0 Å². The van der Waals surface area contributed by atoms with Crippen molar-refractivity contribution in [1.82, 2.24) is 0 Å². The number of carbonyl (C=O) groups is 3. The largest absolute Gasteiger partial charge is 0.375 e. The average Bonchev–Trinajstić information content (AvgIpc) is 2.98. The van der Waals surface area contributed by atoms with E-state index in [4.69, 9.17) is 11.6 Å². The second-order valence-corrected chi connectivity index (χ2v) is 7.56. The molecule has 0 spiro atoms. The predicted molar refractivity (Wildman–Crippen MR) is 118 cm³/mol. The average molecular weight is 436 g/mol. The first-order valence-corrected chi connectivity index (χ1v) is 9.83. The highest BCUT2D eigenvalue weighted by Gasteiger charge is 2.46. The minimum atomic E-state index is -1.92. The van der Waals surface area contributed by atoms with E-state index in [-0.39, 0.29) is 0 Å². The van der Waals surface area contributed by atoms with Gasteiger partial charge in [0.1, 0.15) is 0 Å². The number of carbonyl (C=O) groups excluding carboxylic acids is 3. The topological polar surface area (TPSA) is 108 Å². The standard InChI is InChI=1S/C23H18ClN3O4/c24-15-4-3-5-17(12-15)26-22(30)25-16-10-8-14(9-11-16)20(28)13-23(31)18-6-1-2-7-19(18)27-21(23)29/h1-12,31H,13H2,(H,27,29)(H2,25,26,30)/t23-/m0/s1. The Morgan fingerprint density at radius 3 is 2.39 bits per heavy atom. The lowest BCUT2D eigenvalue weighted by molar-refractivity contribution is -0.133. The number of ketones is 1. The highest BCUT2D eigenvalue weighted by molar-refractivity contribution is 6.30. The smallest absolute Gasteiger partial charge is 0.323 e. The van der Waals surface area contributed by atoms with Gasteiger partial charge in [0.05, 0.1) is 6.42 Å². The van der Waals surface area contributed by atoms with Gasteiger partial charge in [-0.2, -0.15) is 0 Å². The van der Waals surface area contributed by atoms with Gasteiger partial charge in [-0.15, -0.1) is 0 Å². The molecule has 0 saturated carbocycles. The first kappa shape index (κ1) is 20.6. The third kappa shape index (κ3) is 4.28. The van der Waals surface area contributed by atoms with E-state index < -0.39 is 29.7 Å². The molecule has 0 aliphatic carbocycles. The summed E-state index contributed by atoms with van der Waals surface area (Å²) in [4.78, 5) is 37.1. The molecule has 3 amide bonds. The molecular formula is C23H18ClN3O4. The number of para-hydroxylation sites is 1. The summed E-state index contributed by atoms with van der Waals surface area (Å²) in [6.07, 6.45) is -0.391. The summed E-state index contributed by atoms with van der Waals surface area (Å²) in [6, 6.07) is 19.2. The number of halogens is 1.